The van der Waals surface area contributed by atoms with Crippen LogP contribution in [0.4, 0.5) is 5.69 Å². The van der Waals surface area contributed by atoms with Gasteiger partial charge in [0.25, 0.3) is 0 Å². The number of benzene rings is 2. The van der Waals surface area contributed by atoms with Gasteiger partial charge in [0.15, 0.2) is 0 Å². The van der Waals surface area contributed by atoms with E-state index in [9.17, 15) is 5.26 Å². The van der Waals surface area contributed by atoms with Crippen molar-refractivity contribution in [3.63, 3.8) is 0 Å². The van der Waals surface area contributed by atoms with E-state index in [0.717, 1.165) is 17.7 Å². The third-order valence-electron chi connectivity index (χ3n) is 5.45. The molecule has 0 saturated heterocycles. The zero-order valence-electron chi connectivity index (χ0n) is 13.2. The molecule has 0 fully saturated rings. The van der Waals surface area contributed by atoms with Crippen LogP contribution in [0.25, 0.3) is 10.9 Å². The minimum Gasteiger partial charge on any atom is -0.378 e. The Morgan fingerprint density at radius 2 is 2.00 bits per heavy atom. The highest BCUT2D eigenvalue weighted by Crippen LogP contribution is 2.50. The minimum absolute atomic E-state index is 0.279. The topological polar surface area (TPSA) is 51.6 Å². The molecule has 2 heterocycles. The summed E-state index contributed by atoms with van der Waals surface area (Å²) in [6, 6.07) is 17.0. The van der Waals surface area contributed by atoms with Gasteiger partial charge >= 0.3 is 0 Å². The average Bonchev–Trinajstić information content (AvgIpc) is 3.28. The van der Waals surface area contributed by atoms with E-state index in [-0.39, 0.29) is 6.04 Å². The summed E-state index contributed by atoms with van der Waals surface area (Å²) in [5.74, 6) is 0.874. The van der Waals surface area contributed by atoms with Gasteiger partial charge in [-0.05, 0) is 47.7 Å². The Kier molecular flexibility index (Phi) is 2.80. The molecule has 0 saturated carbocycles. The number of hydrogen-bond donors (Lipinski definition) is 2. The number of H-pyrrole nitrogens is 1. The molecule has 0 bridgehead atoms. The van der Waals surface area contributed by atoms with Crippen molar-refractivity contribution < 1.29 is 0 Å². The SMILES string of the molecule is N#Cc1ccc2c(c1)C1C=CCC1C(c1c[nH]c3ccccc13)N2. The fourth-order valence-electron chi connectivity index (χ4n) is 4.32. The van der Waals surface area contributed by atoms with Crippen LogP contribution in [0, 0.1) is 17.2 Å². The molecule has 2 aliphatic rings. The Bertz CT molecular complexity index is 1010. The number of rotatable bonds is 1. The van der Waals surface area contributed by atoms with E-state index in [1.165, 1.54) is 22.0 Å². The van der Waals surface area contributed by atoms with E-state index in [4.69, 9.17) is 0 Å². The molecule has 2 N–H and O–H groups in total. The molecule has 24 heavy (non-hydrogen) atoms. The van der Waals surface area contributed by atoms with E-state index in [1.54, 1.807) is 0 Å². The first-order valence-electron chi connectivity index (χ1n) is 8.38. The van der Waals surface area contributed by atoms with Gasteiger partial charge in [0.1, 0.15) is 0 Å². The number of nitrogens with zero attached hydrogens (tertiary/aromatic N) is 1. The fourth-order valence-corrected chi connectivity index (χ4v) is 4.32. The standard InChI is InChI=1S/C21H17N3/c22-11-13-8-9-20-17(10-13)14-5-3-6-16(14)21(24-20)18-12-23-19-7-2-1-4-15(18)19/h1-5,7-10,12,14,16,21,23-24H,6H2. The molecular weight excluding hydrogens is 294 g/mol. The molecule has 1 aliphatic carbocycles. The van der Waals surface area contributed by atoms with Crippen LogP contribution in [-0.2, 0) is 0 Å². The van der Waals surface area contributed by atoms with Gasteiger partial charge < -0.3 is 10.3 Å². The molecule has 3 nitrogen and oxygen atoms in total. The van der Waals surface area contributed by atoms with Crippen LogP contribution < -0.4 is 5.32 Å². The average molecular weight is 311 g/mol. The summed E-state index contributed by atoms with van der Waals surface area (Å²) in [5, 5.41) is 14.2. The predicted octanol–water partition coefficient (Wildman–Crippen LogP) is 4.87. The number of aromatic amines is 1. The van der Waals surface area contributed by atoms with Crippen molar-refractivity contribution in [2.75, 3.05) is 5.32 Å². The molecule has 3 unspecified atom stereocenters. The summed E-state index contributed by atoms with van der Waals surface area (Å²) in [6.45, 7) is 0. The van der Waals surface area contributed by atoms with Gasteiger partial charge in [-0.1, -0.05) is 30.4 Å². The van der Waals surface area contributed by atoms with Crippen molar-refractivity contribution >= 4 is 16.6 Å². The predicted molar refractivity (Wildman–Crippen MR) is 95.8 cm³/mol. The van der Waals surface area contributed by atoms with Gasteiger partial charge in [-0.2, -0.15) is 5.26 Å². The van der Waals surface area contributed by atoms with E-state index >= 15 is 0 Å². The zero-order valence-corrected chi connectivity index (χ0v) is 13.2. The van der Waals surface area contributed by atoms with Gasteiger partial charge in [0.2, 0.25) is 0 Å². The third-order valence-corrected chi connectivity index (χ3v) is 5.45. The highest BCUT2D eigenvalue weighted by Gasteiger charge is 2.38. The lowest BCUT2D eigenvalue weighted by Crippen LogP contribution is -2.29. The molecule has 0 spiro atoms. The summed E-state index contributed by atoms with van der Waals surface area (Å²) in [6.07, 6.45) is 7.81. The maximum atomic E-state index is 9.21. The Balaban J connectivity index is 1.65. The number of nitrogens with one attached hydrogen (secondary N) is 2. The molecule has 2 aromatic carbocycles. The second-order valence-electron chi connectivity index (χ2n) is 6.68. The van der Waals surface area contributed by atoms with Crippen molar-refractivity contribution in [1.29, 1.82) is 5.26 Å². The zero-order chi connectivity index (χ0) is 16.1. The normalized spacial score (nSPS) is 24.2. The number of nitriles is 1. The molecule has 116 valence electrons. The lowest BCUT2D eigenvalue weighted by molar-refractivity contribution is 0.427. The van der Waals surface area contributed by atoms with Crippen molar-refractivity contribution in [2.24, 2.45) is 5.92 Å². The first kappa shape index (κ1) is 13.4. The van der Waals surface area contributed by atoms with Crippen molar-refractivity contribution in [3.8, 4) is 6.07 Å². The van der Waals surface area contributed by atoms with Crippen molar-refractivity contribution in [3.05, 3.63) is 77.5 Å². The largest absolute Gasteiger partial charge is 0.378 e. The highest BCUT2D eigenvalue weighted by molar-refractivity contribution is 5.84. The number of aromatic nitrogens is 1. The van der Waals surface area contributed by atoms with E-state index in [0.29, 0.717) is 11.8 Å². The number of allylic oxidation sites excluding steroid dienone is 2. The van der Waals surface area contributed by atoms with Gasteiger partial charge in [-0.3, -0.25) is 0 Å². The van der Waals surface area contributed by atoms with Crippen LogP contribution in [-0.4, -0.2) is 4.98 Å². The summed E-state index contributed by atoms with van der Waals surface area (Å²) in [4.78, 5) is 3.40. The number of para-hydroxylation sites is 1. The Hall–Kier alpha value is -2.99. The number of anilines is 1. The lowest BCUT2D eigenvalue weighted by Gasteiger charge is -2.37. The Morgan fingerprint density at radius 1 is 1.08 bits per heavy atom. The molecular formula is C21H17N3. The van der Waals surface area contributed by atoms with Crippen LogP contribution in [0.15, 0.2) is 60.8 Å². The number of hydrogen-bond acceptors (Lipinski definition) is 2. The maximum Gasteiger partial charge on any atom is 0.0991 e. The first-order valence-corrected chi connectivity index (χ1v) is 8.38. The van der Waals surface area contributed by atoms with Crippen LogP contribution in [0.2, 0.25) is 0 Å². The van der Waals surface area contributed by atoms with Gasteiger partial charge in [-0.25, -0.2) is 0 Å². The van der Waals surface area contributed by atoms with Crippen LogP contribution in [0.3, 0.4) is 0 Å². The molecule has 0 radical (unpaired) electrons. The third kappa shape index (κ3) is 1.83. The maximum absolute atomic E-state index is 9.21. The van der Waals surface area contributed by atoms with Crippen LogP contribution >= 0.6 is 0 Å². The van der Waals surface area contributed by atoms with Crippen LogP contribution in [0.5, 0.6) is 0 Å². The number of fused-ring (bicyclic) bond motifs is 4. The quantitative estimate of drug-likeness (QED) is 0.630. The highest BCUT2D eigenvalue weighted by atomic mass is 15.0. The van der Waals surface area contributed by atoms with Crippen molar-refractivity contribution in [1.82, 2.24) is 4.98 Å². The molecule has 1 aromatic heterocycles. The Morgan fingerprint density at radius 3 is 2.92 bits per heavy atom. The summed E-state index contributed by atoms with van der Waals surface area (Å²) >= 11 is 0. The van der Waals surface area contributed by atoms with E-state index < -0.39 is 0 Å². The molecule has 0 amide bonds. The fraction of sp³-hybridized carbons (Fsp3) is 0.190. The van der Waals surface area contributed by atoms with Gasteiger partial charge in [-0.15, -0.1) is 0 Å². The summed E-state index contributed by atoms with van der Waals surface area (Å²) < 4.78 is 0. The molecule has 1 aliphatic heterocycles. The minimum atomic E-state index is 0.279. The second-order valence-corrected chi connectivity index (χ2v) is 6.68. The smallest absolute Gasteiger partial charge is 0.0991 e. The Labute approximate surface area is 140 Å². The van der Waals surface area contributed by atoms with Crippen LogP contribution in [0.1, 0.15) is 35.1 Å². The van der Waals surface area contributed by atoms with Crippen molar-refractivity contribution in [2.45, 2.75) is 18.4 Å². The first-order chi connectivity index (χ1) is 11.8. The molecule has 3 atom stereocenters. The van der Waals surface area contributed by atoms with Gasteiger partial charge in [0.05, 0.1) is 17.7 Å². The second kappa shape index (κ2) is 5.01. The lowest BCUT2D eigenvalue weighted by atomic mass is 9.76. The monoisotopic (exact) mass is 311 g/mol. The summed E-state index contributed by atoms with van der Waals surface area (Å²) in [5.41, 5.74) is 5.66. The molecule has 3 heteroatoms. The molecule has 3 aromatic rings. The van der Waals surface area contributed by atoms with E-state index in [2.05, 4.69) is 65.1 Å². The van der Waals surface area contributed by atoms with E-state index in [1.807, 2.05) is 12.1 Å². The van der Waals surface area contributed by atoms with Gasteiger partial charge in [0, 0.05) is 28.7 Å². The summed E-state index contributed by atoms with van der Waals surface area (Å²) in [7, 11) is 0. The molecule has 5 rings (SSSR count).